The van der Waals surface area contributed by atoms with E-state index in [0.717, 1.165) is 44.1 Å². The molecule has 0 spiro atoms. The molecule has 0 bridgehead atoms. The molecule has 164 valence electrons. The van der Waals surface area contributed by atoms with E-state index in [9.17, 15) is 9.59 Å². The zero-order valence-electron chi connectivity index (χ0n) is 18.0. The van der Waals surface area contributed by atoms with Gasteiger partial charge in [-0.05, 0) is 55.5 Å². The fraction of sp³-hybridized carbons (Fsp3) is 0.440. The van der Waals surface area contributed by atoms with E-state index in [1.54, 1.807) is 19.2 Å². The minimum absolute atomic E-state index is 0.0323. The number of carbonyl (C=O) groups is 2. The van der Waals surface area contributed by atoms with Gasteiger partial charge in [-0.3, -0.25) is 9.59 Å². The van der Waals surface area contributed by atoms with Gasteiger partial charge in [0.25, 0.3) is 5.91 Å². The fourth-order valence-corrected chi connectivity index (χ4v) is 4.43. The molecule has 2 aromatic rings. The number of nitrogens with two attached hydrogens (primary N) is 1. The number of hydrogen-bond acceptors (Lipinski definition) is 4. The molecule has 0 saturated heterocycles. The van der Waals surface area contributed by atoms with Crippen LogP contribution in [0.5, 0.6) is 5.75 Å². The van der Waals surface area contributed by atoms with Crippen LogP contribution in [0.3, 0.4) is 0 Å². The number of rotatable bonds is 7. The van der Waals surface area contributed by atoms with E-state index >= 15 is 0 Å². The number of carbonyl (C=O) groups excluding carboxylic acids is 2. The predicted molar refractivity (Wildman–Crippen MR) is 121 cm³/mol. The Labute approximate surface area is 183 Å². The number of nitrogens with zero attached hydrogens (tertiary/aromatic N) is 1. The van der Waals surface area contributed by atoms with Crippen molar-refractivity contribution in [1.29, 1.82) is 0 Å². The molecule has 0 radical (unpaired) electrons. The van der Waals surface area contributed by atoms with Crippen molar-refractivity contribution in [3.63, 3.8) is 0 Å². The molecule has 2 saturated carbocycles. The average molecular weight is 422 g/mol. The molecule has 2 aromatic carbocycles. The molecule has 6 nitrogen and oxygen atoms in total. The lowest BCUT2D eigenvalue weighted by atomic mass is 9.89. The number of nitrogens with one attached hydrogen (secondary N) is 1. The molecular formula is C25H31N3O3. The van der Waals surface area contributed by atoms with Crippen LogP contribution in [0, 0.1) is 5.92 Å². The second-order valence-corrected chi connectivity index (χ2v) is 8.61. The van der Waals surface area contributed by atoms with E-state index in [4.69, 9.17) is 10.5 Å². The molecule has 2 fully saturated rings. The Morgan fingerprint density at radius 1 is 1.06 bits per heavy atom. The molecule has 0 aliphatic heterocycles. The van der Waals surface area contributed by atoms with Gasteiger partial charge < -0.3 is 20.7 Å². The lowest BCUT2D eigenvalue weighted by Crippen LogP contribution is -2.52. The van der Waals surface area contributed by atoms with Crippen molar-refractivity contribution < 1.29 is 14.3 Å². The first-order chi connectivity index (χ1) is 15.1. The number of amides is 2. The second kappa shape index (κ2) is 9.52. The molecule has 0 heterocycles. The summed E-state index contributed by atoms with van der Waals surface area (Å²) in [6.07, 6.45) is 6.13. The van der Waals surface area contributed by atoms with Crippen molar-refractivity contribution in [2.24, 2.45) is 11.7 Å². The first kappa shape index (κ1) is 21.4. The Morgan fingerprint density at radius 3 is 2.58 bits per heavy atom. The van der Waals surface area contributed by atoms with Gasteiger partial charge in [-0.25, -0.2) is 0 Å². The largest absolute Gasteiger partial charge is 0.496 e. The monoisotopic (exact) mass is 421 g/mol. The first-order valence-electron chi connectivity index (χ1n) is 11.2. The number of methoxy groups -OCH3 is 1. The molecule has 2 aliphatic carbocycles. The highest BCUT2D eigenvalue weighted by atomic mass is 16.5. The van der Waals surface area contributed by atoms with Crippen LogP contribution in [0.2, 0.25) is 0 Å². The van der Waals surface area contributed by atoms with Crippen molar-refractivity contribution in [2.75, 3.05) is 12.4 Å². The van der Waals surface area contributed by atoms with E-state index in [0.29, 0.717) is 23.5 Å². The predicted octanol–water partition coefficient (Wildman–Crippen LogP) is 3.96. The lowest BCUT2D eigenvalue weighted by molar-refractivity contribution is -0.136. The van der Waals surface area contributed by atoms with Crippen LogP contribution in [0.1, 0.15) is 54.4 Å². The molecule has 3 N–H and O–H groups in total. The maximum absolute atomic E-state index is 13.1. The van der Waals surface area contributed by atoms with Gasteiger partial charge in [-0.1, -0.05) is 37.1 Å². The van der Waals surface area contributed by atoms with Crippen LogP contribution >= 0.6 is 0 Å². The number of ether oxygens (including phenoxy) is 1. The van der Waals surface area contributed by atoms with Gasteiger partial charge >= 0.3 is 0 Å². The quantitative estimate of drug-likeness (QED) is 0.709. The summed E-state index contributed by atoms with van der Waals surface area (Å²) in [4.78, 5) is 27.8. The van der Waals surface area contributed by atoms with Gasteiger partial charge in [-0.15, -0.1) is 0 Å². The zero-order chi connectivity index (χ0) is 21.8. The number of para-hydroxylation sites is 1. The summed E-state index contributed by atoms with van der Waals surface area (Å²) in [6.45, 7) is 0.520. The highest BCUT2D eigenvalue weighted by Gasteiger charge is 2.38. The normalized spacial score (nSPS) is 20.7. The smallest absolute Gasteiger partial charge is 0.259 e. The van der Waals surface area contributed by atoms with E-state index in [-0.39, 0.29) is 29.8 Å². The minimum atomic E-state index is -0.227. The summed E-state index contributed by atoms with van der Waals surface area (Å²) < 4.78 is 5.30. The summed E-state index contributed by atoms with van der Waals surface area (Å²) in [6, 6.07) is 15.0. The third-order valence-corrected chi connectivity index (χ3v) is 6.28. The van der Waals surface area contributed by atoms with Crippen LogP contribution in [-0.2, 0) is 11.3 Å². The van der Waals surface area contributed by atoms with E-state index < -0.39 is 0 Å². The van der Waals surface area contributed by atoms with Crippen molar-refractivity contribution in [3.8, 4) is 5.75 Å². The highest BCUT2D eigenvalue weighted by Crippen LogP contribution is 2.34. The Bertz CT molecular complexity index is 941. The third-order valence-electron chi connectivity index (χ3n) is 6.28. The maximum atomic E-state index is 13.1. The third kappa shape index (κ3) is 5.07. The molecule has 2 amide bonds. The lowest BCUT2D eigenvalue weighted by Gasteiger charge is -2.38. The maximum Gasteiger partial charge on any atom is 0.259 e. The SMILES string of the molecule is COc1ccccc1C(=O)Nc1cccc(CN(C(=O)C2CC2)C2CCCCC2N)c1. The Morgan fingerprint density at radius 2 is 1.84 bits per heavy atom. The molecule has 4 rings (SSSR count). The van der Waals surface area contributed by atoms with E-state index in [1.165, 1.54) is 0 Å². The van der Waals surface area contributed by atoms with Crippen molar-refractivity contribution >= 4 is 17.5 Å². The summed E-state index contributed by atoms with van der Waals surface area (Å²) >= 11 is 0. The molecular weight excluding hydrogens is 390 g/mol. The minimum Gasteiger partial charge on any atom is -0.496 e. The summed E-state index contributed by atoms with van der Waals surface area (Å²) in [5, 5.41) is 2.95. The van der Waals surface area contributed by atoms with Crippen molar-refractivity contribution in [3.05, 3.63) is 59.7 Å². The van der Waals surface area contributed by atoms with E-state index in [2.05, 4.69) is 5.32 Å². The number of benzene rings is 2. The van der Waals surface area contributed by atoms with Crippen molar-refractivity contribution in [1.82, 2.24) is 4.90 Å². The van der Waals surface area contributed by atoms with Gasteiger partial charge in [0.2, 0.25) is 5.91 Å². The average Bonchev–Trinajstić information content (AvgIpc) is 3.63. The van der Waals surface area contributed by atoms with Gasteiger partial charge in [0, 0.05) is 30.2 Å². The fourth-order valence-electron chi connectivity index (χ4n) is 4.43. The topological polar surface area (TPSA) is 84.7 Å². The van der Waals surface area contributed by atoms with Crippen LogP contribution in [-0.4, -0.2) is 35.9 Å². The van der Waals surface area contributed by atoms with Gasteiger partial charge in [0.15, 0.2) is 0 Å². The number of anilines is 1. The van der Waals surface area contributed by atoms with Crippen LogP contribution in [0.4, 0.5) is 5.69 Å². The summed E-state index contributed by atoms with van der Waals surface area (Å²) in [5.74, 6) is 0.687. The summed E-state index contributed by atoms with van der Waals surface area (Å²) in [7, 11) is 1.55. The Balaban J connectivity index is 1.51. The van der Waals surface area contributed by atoms with Crippen LogP contribution in [0.15, 0.2) is 48.5 Å². The molecule has 2 aliphatic rings. The first-order valence-corrected chi connectivity index (χ1v) is 11.2. The second-order valence-electron chi connectivity index (χ2n) is 8.61. The Kier molecular flexibility index (Phi) is 6.56. The number of hydrogen-bond donors (Lipinski definition) is 2. The molecule has 0 aromatic heterocycles. The zero-order valence-corrected chi connectivity index (χ0v) is 18.0. The standard InChI is InChI=1S/C25H31N3O3/c1-31-23-12-5-2-9-20(23)24(29)27-19-8-6-7-17(15-19)16-28(25(30)18-13-14-18)22-11-4-3-10-21(22)26/h2,5-9,12,15,18,21-22H,3-4,10-11,13-14,16,26H2,1H3,(H,27,29). The van der Waals surface area contributed by atoms with Gasteiger partial charge in [0.1, 0.15) is 5.75 Å². The molecule has 2 unspecified atom stereocenters. The van der Waals surface area contributed by atoms with Crippen LogP contribution in [0.25, 0.3) is 0 Å². The molecule has 31 heavy (non-hydrogen) atoms. The van der Waals surface area contributed by atoms with Gasteiger partial charge in [-0.2, -0.15) is 0 Å². The van der Waals surface area contributed by atoms with Crippen molar-refractivity contribution in [2.45, 2.75) is 57.2 Å². The van der Waals surface area contributed by atoms with Gasteiger partial charge in [0.05, 0.1) is 12.7 Å². The van der Waals surface area contributed by atoms with Crippen LogP contribution < -0.4 is 15.8 Å². The van der Waals surface area contributed by atoms with E-state index in [1.807, 2.05) is 41.3 Å². The highest BCUT2D eigenvalue weighted by molar-refractivity contribution is 6.06. The molecule has 6 heteroatoms. The Hall–Kier alpha value is -2.86. The molecule has 2 atom stereocenters. The summed E-state index contributed by atoms with van der Waals surface area (Å²) in [5.41, 5.74) is 8.58.